The van der Waals surface area contributed by atoms with E-state index in [9.17, 15) is 4.79 Å². The predicted molar refractivity (Wildman–Crippen MR) is 72.9 cm³/mol. The van der Waals surface area contributed by atoms with Crippen LogP contribution in [0.25, 0.3) is 0 Å². The third-order valence-electron chi connectivity index (χ3n) is 2.94. The molecule has 1 saturated carbocycles. The molecule has 100 valence electrons. The van der Waals surface area contributed by atoms with Crippen LogP contribution in [0.5, 0.6) is 0 Å². The zero-order valence-corrected chi connectivity index (χ0v) is 11.8. The van der Waals surface area contributed by atoms with Crippen molar-refractivity contribution in [1.82, 2.24) is 4.98 Å². The average Bonchev–Trinajstić information content (AvgIpc) is 3.00. The number of hydrogen-bond acceptors (Lipinski definition) is 5. The van der Waals surface area contributed by atoms with Gasteiger partial charge in [-0.2, -0.15) is 0 Å². The number of rotatable bonds is 7. The summed E-state index contributed by atoms with van der Waals surface area (Å²) in [6.45, 7) is 4.42. The minimum Gasteiger partial charge on any atom is -0.466 e. The Morgan fingerprint density at radius 3 is 3.11 bits per heavy atom. The second-order valence-corrected chi connectivity index (χ2v) is 5.71. The maximum absolute atomic E-state index is 11.3. The van der Waals surface area contributed by atoms with E-state index < -0.39 is 0 Å². The average molecular weight is 268 g/mol. The Kier molecular flexibility index (Phi) is 4.58. The molecule has 0 spiro atoms. The maximum Gasteiger partial charge on any atom is 0.311 e. The molecule has 1 aliphatic rings. The number of nitrogens with zero attached hydrogens (tertiary/aromatic N) is 1. The van der Waals surface area contributed by atoms with Crippen molar-refractivity contribution >= 4 is 22.4 Å². The largest absolute Gasteiger partial charge is 0.466 e. The lowest BCUT2D eigenvalue weighted by molar-refractivity contribution is -0.142. The highest BCUT2D eigenvalue weighted by Crippen LogP contribution is 2.34. The molecule has 1 aromatic rings. The van der Waals surface area contributed by atoms with Crippen molar-refractivity contribution in [2.24, 2.45) is 5.92 Å². The number of carbonyl (C=O) groups is 1. The van der Waals surface area contributed by atoms with Gasteiger partial charge in [-0.15, -0.1) is 11.3 Å². The molecule has 5 heteroatoms. The minimum atomic E-state index is -0.208. The zero-order valence-electron chi connectivity index (χ0n) is 10.9. The molecule has 1 aromatic heterocycles. The van der Waals surface area contributed by atoms with Crippen LogP contribution in [0.15, 0.2) is 5.38 Å². The molecule has 0 radical (unpaired) electrons. The molecule has 1 aliphatic carbocycles. The lowest BCUT2D eigenvalue weighted by Gasteiger charge is -2.11. The summed E-state index contributed by atoms with van der Waals surface area (Å²) in [5.41, 5.74) is 0.791. The van der Waals surface area contributed by atoms with Crippen molar-refractivity contribution in [3.8, 4) is 0 Å². The Morgan fingerprint density at radius 1 is 1.67 bits per heavy atom. The summed E-state index contributed by atoms with van der Waals surface area (Å²) < 4.78 is 4.90. The molecule has 2 rings (SSSR count). The van der Waals surface area contributed by atoms with Gasteiger partial charge in [-0.3, -0.25) is 4.79 Å². The minimum absolute atomic E-state index is 0.208. The summed E-state index contributed by atoms with van der Waals surface area (Å²) >= 11 is 1.56. The van der Waals surface area contributed by atoms with Crippen LogP contribution in [0.1, 0.15) is 38.8 Å². The summed E-state index contributed by atoms with van der Waals surface area (Å²) in [7, 11) is 0. The second kappa shape index (κ2) is 6.18. The van der Waals surface area contributed by atoms with E-state index >= 15 is 0 Å². The van der Waals surface area contributed by atoms with E-state index in [0.29, 0.717) is 12.6 Å². The second-order valence-electron chi connectivity index (χ2n) is 4.85. The Labute approximate surface area is 112 Å². The number of carbonyl (C=O) groups excluding carboxylic acids is 1. The van der Waals surface area contributed by atoms with Crippen molar-refractivity contribution in [2.45, 2.75) is 45.6 Å². The molecular weight excluding hydrogens is 248 g/mol. The SMILES string of the molecule is CCOC(=O)Cc1csc(NC(C)CC2CC2)n1. The van der Waals surface area contributed by atoms with Gasteiger partial charge < -0.3 is 10.1 Å². The first-order valence-corrected chi connectivity index (χ1v) is 7.42. The van der Waals surface area contributed by atoms with E-state index in [4.69, 9.17) is 4.74 Å². The molecule has 1 atom stereocenters. The summed E-state index contributed by atoms with van der Waals surface area (Å²) in [5.74, 6) is 0.701. The van der Waals surface area contributed by atoms with Gasteiger partial charge in [0, 0.05) is 11.4 Å². The molecule has 18 heavy (non-hydrogen) atoms. The van der Waals surface area contributed by atoms with Crippen LogP contribution in [0.2, 0.25) is 0 Å². The number of anilines is 1. The number of thiazole rings is 1. The van der Waals surface area contributed by atoms with Gasteiger partial charge in [-0.1, -0.05) is 12.8 Å². The van der Waals surface area contributed by atoms with Crippen molar-refractivity contribution in [3.05, 3.63) is 11.1 Å². The Morgan fingerprint density at radius 2 is 2.44 bits per heavy atom. The van der Waals surface area contributed by atoms with Gasteiger partial charge in [0.1, 0.15) is 0 Å². The number of esters is 1. The molecule has 1 heterocycles. The van der Waals surface area contributed by atoms with E-state index in [0.717, 1.165) is 16.7 Å². The Balaban J connectivity index is 1.79. The highest BCUT2D eigenvalue weighted by molar-refractivity contribution is 7.13. The van der Waals surface area contributed by atoms with Crippen molar-refractivity contribution in [2.75, 3.05) is 11.9 Å². The first-order chi connectivity index (χ1) is 8.67. The first-order valence-electron chi connectivity index (χ1n) is 6.54. The van der Waals surface area contributed by atoms with Crippen molar-refractivity contribution in [3.63, 3.8) is 0 Å². The van der Waals surface area contributed by atoms with Gasteiger partial charge in [0.25, 0.3) is 0 Å². The number of aromatic nitrogens is 1. The third kappa shape index (κ3) is 4.29. The van der Waals surface area contributed by atoms with Crippen LogP contribution in [-0.4, -0.2) is 23.6 Å². The fraction of sp³-hybridized carbons (Fsp3) is 0.692. The standard InChI is InChI=1S/C13H20N2O2S/c1-3-17-12(16)7-11-8-18-13(15-11)14-9(2)6-10-4-5-10/h8-10H,3-7H2,1-2H3,(H,14,15). The van der Waals surface area contributed by atoms with Gasteiger partial charge in [0.2, 0.25) is 0 Å². The third-order valence-corrected chi connectivity index (χ3v) is 3.76. The normalized spacial score (nSPS) is 16.3. The molecule has 0 bridgehead atoms. The van der Waals surface area contributed by atoms with Crippen LogP contribution in [-0.2, 0) is 16.0 Å². The number of hydrogen-bond donors (Lipinski definition) is 1. The van der Waals surface area contributed by atoms with Crippen LogP contribution < -0.4 is 5.32 Å². The van der Waals surface area contributed by atoms with Crippen molar-refractivity contribution < 1.29 is 9.53 Å². The smallest absolute Gasteiger partial charge is 0.311 e. The fourth-order valence-corrected chi connectivity index (χ4v) is 2.76. The van der Waals surface area contributed by atoms with Crippen LogP contribution >= 0.6 is 11.3 Å². The highest BCUT2D eigenvalue weighted by Gasteiger charge is 2.23. The Bertz CT molecular complexity index is 401. The summed E-state index contributed by atoms with van der Waals surface area (Å²) in [4.78, 5) is 15.7. The molecule has 4 nitrogen and oxygen atoms in total. The summed E-state index contributed by atoms with van der Waals surface area (Å²) in [5, 5.41) is 6.22. The molecule has 1 unspecified atom stereocenters. The predicted octanol–water partition coefficient (Wildman–Crippen LogP) is 2.85. The molecule has 0 saturated heterocycles. The van der Waals surface area contributed by atoms with Gasteiger partial charge in [-0.05, 0) is 26.2 Å². The van der Waals surface area contributed by atoms with Gasteiger partial charge in [-0.25, -0.2) is 4.98 Å². The van der Waals surface area contributed by atoms with E-state index in [1.165, 1.54) is 19.3 Å². The first kappa shape index (κ1) is 13.3. The molecular formula is C13H20N2O2S. The summed E-state index contributed by atoms with van der Waals surface area (Å²) in [6.07, 6.45) is 4.23. The van der Waals surface area contributed by atoms with E-state index in [1.807, 2.05) is 12.3 Å². The fourth-order valence-electron chi connectivity index (χ4n) is 1.94. The number of ether oxygens (including phenoxy) is 1. The molecule has 1 fully saturated rings. The highest BCUT2D eigenvalue weighted by atomic mass is 32.1. The molecule has 0 amide bonds. The van der Waals surface area contributed by atoms with Crippen molar-refractivity contribution in [1.29, 1.82) is 0 Å². The van der Waals surface area contributed by atoms with E-state index in [-0.39, 0.29) is 12.4 Å². The topological polar surface area (TPSA) is 51.2 Å². The molecule has 1 N–H and O–H groups in total. The molecule has 0 aromatic carbocycles. The quantitative estimate of drug-likeness (QED) is 0.773. The maximum atomic E-state index is 11.3. The lowest BCUT2D eigenvalue weighted by Crippen LogP contribution is -2.15. The number of nitrogens with one attached hydrogen (secondary N) is 1. The molecule has 0 aliphatic heterocycles. The van der Waals surface area contributed by atoms with Crippen LogP contribution in [0.4, 0.5) is 5.13 Å². The summed E-state index contributed by atoms with van der Waals surface area (Å²) in [6, 6.07) is 0.457. The Hall–Kier alpha value is -1.10. The van der Waals surface area contributed by atoms with Gasteiger partial charge in [0.15, 0.2) is 5.13 Å². The van der Waals surface area contributed by atoms with Gasteiger partial charge >= 0.3 is 5.97 Å². The zero-order chi connectivity index (χ0) is 13.0. The monoisotopic (exact) mass is 268 g/mol. The van der Waals surface area contributed by atoms with Crippen LogP contribution in [0.3, 0.4) is 0 Å². The van der Waals surface area contributed by atoms with E-state index in [2.05, 4.69) is 17.2 Å². The van der Waals surface area contributed by atoms with Gasteiger partial charge in [0.05, 0.1) is 18.7 Å². The van der Waals surface area contributed by atoms with Crippen LogP contribution in [0, 0.1) is 5.92 Å². The van der Waals surface area contributed by atoms with E-state index in [1.54, 1.807) is 11.3 Å². The lowest BCUT2D eigenvalue weighted by atomic mass is 10.2.